The molecule has 0 atom stereocenters. The van der Waals surface area contributed by atoms with Crippen molar-refractivity contribution in [1.29, 1.82) is 0 Å². The van der Waals surface area contributed by atoms with Gasteiger partial charge < -0.3 is 0 Å². The SMILES string of the molecule is Cc1cc2snc(C)c2cc1[N+](=O)[O-]. The van der Waals surface area contributed by atoms with Crippen molar-refractivity contribution in [1.82, 2.24) is 4.37 Å². The van der Waals surface area contributed by atoms with E-state index in [4.69, 9.17) is 0 Å². The fraction of sp³-hybridized carbons (Fsp3) is 0.222. The molecule has 1 heterocycles. The van der Waals surface area contributed by atoms with Gasteiger partial charge in [0.15, 0.2) is 0 Å². The van der Waals surface area contributed by atoms with E-state index in [-0.39, 0.29) is 10.6 Å². The lowest BCUT2D eigenvalue weighted by molar-refractivity contribution is -0.385. The summed E-state index contributed by atoms with van der Waals surface area (Å²) >= 11 is 1.38. The van der Waals surface area contributed by atoms with E-state index < -0.39 is 0 Å². The molecule has 0 aliphatic heterocycles. The molecule has 1 aromatic carbocycles. The van der Waals surface area contributed by atoms with Crippen molar-refractivity contribution in [2.45, 2.75) is 13.8 Å². The number of nitro groups is 1. The number of hydrogen-bond acceptors (Lipinski definition) is 4. The molecule has 0 fully saturated rings. The second kappa shape index (κ2) is 3.02. The van der Waals surface area contributed by atoms with Gasteiger partial charge in [0.2, 0.25) is 0 Å². The molecule has 0 saturated heterocycles. The summed E-state index contributed by atoms with van der Waals surface area (Å²) in [7, 11) is 0. The third kappa shape index (κ3) is 1.26. The van der Waals surface area contributed by atoms with E-state index in [9.17, 15) is 10.1 Å². The lowest BCUT2D eigenvalue weighted by atomic mass is 10.1. The highest BCUT2D eigenvalue weighted by atomic mass is 32.1. The second-order valence-corrected chi connectivity index (χ2v) is 3.96. The molecule has 0 N–H and O–H groups in total. The third-order valence-corrected chi connectivity index (χ3v) is 3.07. The van der Waals surface area contributed by atoms with Gasteiger partial charge in [0, 0.05) is 17.0 Å². The van der Waals surface area contributed by atoms with E-state index in [2.05, 4.69) is 4.37 Å². The molecule has 2 aromatic rings. The summed E-state index contributed by atoms with van der Waals surface area (Å²) < 4.78 is 5.16. The van der Waals surface area contributed by atoms with E-state index >= 15 is 0 Å². The molecule has 0 aliphatic carbocycles. The van der Waals surface area contributed by atoms with Gasteiger partial charge in [-0.2, -0.15) is 4.37 Å². The fourth-order valence-corrected chi connectivity index (χ4v) is 2.26. The van der Waals surface area contributed by atoms with Gasteiger partial charge in [0.25, 0.3) is 5.69 Å². The molecule has 0 spiro atoms. The summed E-state index contributed by atoms with van der Waals surface area (Å²) in [5, 5.41) is 11.6. The zero-order valence-electron chi connectivity index (χ0n) is 7.77. The Kier molecular flexibility index (Phi) is 1.96. The number of aryl methyl sites for hydroxylation is 2. The topological polar surface area (TPSA) is 56.0 Å². The van der Waals surface area contributed by atoms with Crippen LogP contribution in [0.5, 0.6) is 0 Å². The molecule has 4 nitrogen and oxygen atoms in total. The van der Waals surface area contributed by atoms with Gasteiger partial charge in [-0.15, -0.1) is 0 Å². The largest absolute Gasteiger partial charge is 0.273 e. The Labute approximate surface area is 84.5 Å². The number of nitro benzene ring substituents is 1. The first kappa shape index (κ1) is 9.08. The second-order valence-electron chi connectivity index (χ2n) is 3.16. The van der Waals surface area contributed by atoms with Crippen molar-refractivity contribution in [3.63, 3.8) is 0 Å². The standard InChI is InChI=1S/C9H8N2O2S/c1-5-3-9-7(6(2)10-14-9)4-8(5)11(12)13/h3-4H,1-2H3. The van der Waals surface area contributed by atoms with Gasteiger partial charge in [0.05, 0.1) is 15.3 Å². The molecule has 0 radical (unpaired) electrons. The summed E-state index contributed by atoms with van der Waals surface area (Å²) in [5.74, 6) is 0. The molecule has 0 aliphatic rings. The minimum atomic E-state index is -0.355. The van der Waals surface area contributed by atoms with Crippen LogP contribution < -0.4 is 0 Å². The van der Waals surface area contributed by atoms with E-state index in [1.165, 1.54) is 11.5 Å². The summed E-state index contributed by atoms with van der Waals surface area (Å²) in [5.41, 5.74) is 1.71. The van der Waals surface area contributed by atoms with Crippen LogP contribution in [0, 0.1) is 24.0 Å². The van der Waals surface area contributed by atoms with Crippen molar-refractivity contribution in [3.8, 4) is 0 Å². The van der Waals surface area contributed by atoms with Gasteiger partial charge in [-0.3, -0.25) is 10.1 Å². The Balaban J connectivity index is 2.80. The summed E-state index contributed by atoms with van der Waals surface area (Å²) in [4.78, 5) is 10.3. The lowest BCUT2D eigenvalue weighted by Crippen LogP contribution is -1.90. The molecule has 1 aromatic heterocycles. The molecule has 0 amide bonds. The summed E-state index contributed by atoms with van der Waals surface area (Å²) in [6.45, 7) is 3.60. The van der Waals surface area contributed by atoms with Gasteiger partial charge in [-0.1, -0.05) is 0 Å². The van der Waals surface area contributed by atoms with Crippen LogP contribution in [0.2, 0.25) is 0 Å². The van der Waals surface area contributed by atoms with Crippen LogP contribution in [0.3, 0.4) is 0 Å². The fourth-order valence-electron chi connectivity index (χ4n) is 1.39. The Hall–Kier alpha value is -1.49. The van der Waals surface area contributed by atoms with Crippen LogP contribution >= 0.6 is 11.5 Å². The van der Waals surface area contributed by atoms with E-state index in [1.54, 1.807) is 13.0 Å². The highest BCUT2D eigenvalue weighted by molar-refractivity contribution is 7.13. The van der Waals surface area contributed by atoms with Gasteiger partial charge in [0.1, 0.15) is 0 Å². The molecule has 5 heteroatoms. The molecule has 0 unspecified atom stereocenters. The molecule has 0 bridgehead atoms. The summed E-state index contributed by atoms with van der Waals surface area (Å²) in [6, 6.07) is 3.42. The number of aromatic nitrogens is 1. The molecule has 0 saturated carbocycles. The molecular weight excluding hydrogens is 200 g/mol. The third-order valence-electron chi connectivity index (χ3n) is 2.17. The normalized spacial score (nSPS) is 10.7. The predicted molar refractivity (Wildman–Crippen MR) is 55.7 cm³/mol. The van der Waals surface area contributed by atoms with Crippen molar-refractivity contribution in [3.05, 3.63) is 33.5 Å². The monoisotopic (exact) mass is 208 g/mol. The minimum absolute atomic E-state index is 0.167. The van der Waals surface area contributed by atoms with Crippen LogP contribution in [0.4, 0.5) is 5.69 Å². The zero-order valence-corrected chi connectivity index (χ0v) is 8.59. The van der Waals surface area contributed by atoms with Crippen LogP contribution in [0.15, 0.2) is 12.1 Å². The predicted octanol–water partition coefficient (Wildman–Crippen LogP) is 2.82. The quantitative estimate of drug-likeness (QED) is 0.534. The van der Waals surface area contributed by atoms with E-state index in [0.717, 1.165) is 15.8 Å². The maximum atomic E-state index is 10.7. The minimum Gasteiger partial charge on any atom is -0.258 e. The molecule has 14 heavy (non-hydrogen) atoms. The van der Waals surface area contributed by atoms with Crippen molar-refractivity contribution in [2.24, 2.45) is 0 Å². The Morgan fingerprint density at radius 2 is 2.14 bits per heavy atom. The molecule has 72 valence electrons. The van der Waals surface area contributed by atoms with Crippen LogP contribution in [-0.4, -0.2) is 9.30 Å². The zero-order chi connectivity index (χ0) is 10.3. The van der Waals surface area contributed by atoms with Crippen LogP contribution in [0.1, 0.15) is 11.3 Å². The Morgan fingerprint density at radius 3 is 2.79 bits per heavy atom. The average Bonchev–Trinajstić information content (AvgIpc) is 2.46. The highest BCUT2D eigenvalue weighted by Gasteiger charge is 2.13. The number of fused-ring (bicyclic) bond motifs is 1. The number of hydrogen-bond donors (Lipinski definition) is 0. The van der Waals surface area contributed by atoms with Gasteiger partial charge in [-0.25, -0.2) is 0 Å². The number of nitrogens with zero attached hydrogens (tertiary/aromatic N) is 2. The molecule has 2 rings (SSSR count). The Morgan fingerprint density at radius 1 is 1.43 bits per heavy atom. The Bertz CT molecular complexity index is 519. The van der Waals surface area contributed by atoms with Gasteiger partial charge in [-0.05, 0) is 31.4 Å². The van der Waals surface area contributed by atoms with E-state index in [1.807, 2.05) is 13.0 Å². The number of rotatable bonds is 1. The van der Waals surface area contributed by atoms with Crippen LogP contribution in [0.25, 0.3) is 10.1 Å². The summed E-state index contributed by atoms with van der Waals surface area (Å²) in [6.07, 6.45) is 0. The van der Waals surface area contributed by atoms with Gasteiger partial charge >= 0.3 is 0 Å². The highest BCUT2D eigenvalue weighted by Crippen LogP contribution is 2.29. The smallest absolute Gasteiger partial charge is 0.258 e. The maximum Gasteiger partial charge on any atom is 0.273 e. The first-order chi connectivity index (χ1) is 6.59. The first-order valence-corrected chi connectivity index (χ1v) is 4.88. The molecular formula is C9H8N2O2S. The van der Waals surface area contributed by atoms with Crippen molar-refractivity contribution in [2.75, 3.05) is 0 Å². The van der Waals surface area contributed by atoms with Crippen molar-refractivity contribution >= 4 is 27.3 Å². The average molecular weight is 208 g/mol. The number of benzene rings is 1. The van der Waals surface area contributed by atoms with Crippen molar-refractivity contribution < 1.29 is 4.92 Å². The van der Waals surface area contributed by atoms with Crippen LogP contribution in [-0.2, 0) is 0 Å². The lowest BCUT2D eigenvalue weighted by Gasteiger charge is -1.96. The first-order valence-electron chi connectivity index (χ1n) is 4.10. The maximum absolute atomic E-state index is 10.7. The van der Waals surface area contributed by atoms with E-state index in [0.29, 0.717) is 5.56 Å².